The van der Waals surface area contributed by atoms with Gasteiger partial charge in [0.05, 0.1) is 5.02 Å². The molecule has 0 spiro atoms. The first-order valence-corrected chi connectivity index (χ1v) is 6.34. The van der Waals surface area contributed by atoms with Crippen molar-refractivity contribution in [2.75, 3.05) is 0 Å². The lowest BCUT2D eigenvalue weighted by atomic mass is 10.1. The summed E-state index contributed by atoms with van der Waals surface area (Å²) in [7, 11) is 0. The summed E-state index contributed by atoms with van der Waals surface area (Å²) in [5.74, 6) is -0.473. The summed E-state index contributed by atoms with van der Waals surface area (Å²) < 4.78 is 5.12. The smallest absolute Gasteiger partial charge is 0.331 e. The number of ether oxygens (including phenoxy) is 1. The maximum atomic E-state index is 11.5. The summed E-state index contributed by atoms with van der Waals surface area (Å²) in [5.41, 5.74) is 0.300. The first-order valence-electron chi connectivity index (χ1n) is 5.58. The van der Waals surface area contributed by atoms with Crippen LogP contribution in [0.25, 0.3) is 6.08 Å². The highest BCUT2D eigenvalue weighted by molar-refractivity contribution is 6.36. The number of benzene rings is 1. The molecule has 0 atom stereocenters. The van der Waals surface area contributed by atoms with E-state index in [0.29, 0.717) is 22.4 Å². The van der Waals surface area contributed by atoms with E-state index in [4.69, 9.17) is 27.9 Å². The second kappa shape index (κ2) is 6.22. The number of hydrogen-bond acceptors (Lipinski definition) is 3. The van der Waals surface area contributed by atoms with E-state index >= 15 is 0 Å². The van der Waals surface area contributed by atoms with Crippen LogP contribution in [0.3, 0.4) is 0 Å². The molecule has 0 aliphatic heterocycles. The van der Waals surface area contributed by atoms with Crippen molar-refractivity contribution < 1.29 is 14.3 Å². The van der Waals surface area contributed by atoms with E-state index in [0.717, 1.165) is 0 Å². The Morgan fingerprint density at radius 2 is 1.68 bits per heavy atom. The molecule has 1 rings (SSSR count). The van der Waals surface area contributed by atoms with E-state index in [-0.39, 0.29) is 5.02 Å². The maximum Gasteiger partial charge on any atom is 0.331 e. The van der Waals surface area contributed by atoms with E-state index in [1.165, 1.54) is 24.3 Å². The molecule has 0 saturated carbocycles. The lowest BCUT2D eigenvalue weighted by Crippen LogP contribution is -2.22. The van der Waals surface area contributed by atoms with Gasteiger partial charge in [-0.3, -0.25) is 4.79 Å². The number of hydrogen-bond donors (Lipinski definition) is 0. The molecule has 19 heavy (non-hydrogen) atoms. The standard InChI is InChI=1S/C14H14Cl2O3/c1-14(2,3)19-13(18)5-4-9-6-12(16)10(8-17)7-11(9)15/h4-8H,1-3H3/b5-4+. The molecule has 0 radical (unpaired) electrons. The van der Waals surface area contributed by atoms with Gasteiger partial charge in [-0.05, 0) is 44.5 Å². The molecule has 0 amide bonds. The van der Waals surface area contributed by atoms with Crippen molar-refractivity contribution in [3.05, 3.63) is 39.4 Å². The first kappa shape index (κ1) is 15.7. The molecule has 0 aromatic heterocycles. The number of esters is 1. The first-order chi connectivity index (χ1) is 8.73. The minimum Gasteiger partial charge on any atom is -0.457 e. The fraction of sp³-hybridized carbons (Fsp3) is 0.286. The van der Waals surface area contributed by atoms with Gasteiger partial charge < -0.3 is 4.74 Å². The Kier molecular flexibility index (Phi) is 5.15. The largest absolute Gasteiger partial charge is 0.457 e. The third-order valence-electron chi connectivity index (χ3n) is 2.05. The van der Waals surface area contributed by atoms with Crippen LogP contribution in [-0.4, -0.2) is 17.9 Å². The number of halogens is 2. The highest BCUT2D eigenvalue weighted by atomic mass is 35.5. The Hall–Kier alpha value is -1.32. The molecule has 3 nitrogen and oxygen atoms in total. The van der Waals surface area contributed by atoms with Gasteiger partial charge in [0, 0.05) is 16.7 Å². The highest BCUT2D eigenvalue weighted by Gasteiger charge is 2.14. The number of rotatable bonds is 3. The van der Waals surface area contributed by atoms with Gasteiger partial charge in [0.15, 0.2) is 6.29 Å². The summed E-state index contributed by atoms with van der Waals surface area (Å²) in [6.45, 7) is 5.34. The van der Waals surface area contributed by atoms with Crippen LogP contribution in [0, 0.1) is 0 Å². The molecule has 0 unspecified atom stereocenters. The molecule has 0 heterocycles. The summed E-state index contributed by atoms with van der Waals surface area (Å²) in [5, 5.41) is 0.620. The van der Waals surface area contributed by atoms with E-state index in [1.54, 1.807) is 20.8 Å². The summed E-state index contributed by atoms with van der Waals surface area (Å²) in [6, 6.07) is 2.97. The van der Waals surface area contributed by atoms with Crippen LogP contribution in [0.2, 0.25) is 10.0 Å². The van der Waals surface area contributed by atoms with Gasteiger partial charge in [-0.2, -0.15) is 0 Å². The van der Waals surface area contributed by atoms with Crippen molar-refractivity contribution in [2.45, 2.75) is 26.4 Å². The normalized spacial score (nSPS) is 11.6. The molecule has 0 saturated heterocycles. The second-order valence-corrected chi connectivity index (χ2v) is 5.69. The zero-order valence-corrected chi connectivity index (χ0v) is 12.4. The van der Waals surface area contributed by atoms with E-state index < -0.39 is 11.6 Å². The molecule has 0 aliphatic carbocycles. The van der Waals surface area contributed by atoms with Crippen molar-refractivity contribution >= 4 is 41.5 Å². The third-order valence-corrected chi connectivity index (χ3v) is 2.70. The number of aldehydes is 1. The predicted molar refractivity (Wildman–Crippen MR) is 76.7 cm³/mol. The Balaban J connectivity index is 2.91. The molecule has 0 bridgehead atoms. The van der Waals surface area contributed by atoms with Gasteiger partial charge in [-0.15, -0.1) is 0 Å². The summed E-state index contributed by atoms with van der Waals surface area (Å²) >= 11 is 11.9. The van der Waals surface area contributed by atoms with Gasteiger partial charge in [0.25, 0.3) is 0 Å². The van der Waals surface area contributed by atoms with Crippen LogP contribution >= 0.6 is 23.2 Å². The highest BCUT2D eigenvalue weighted by Crippen LogP contribution is 2.25. The Morgan fingerprint density at radius 1 is 1.16 bits per heavy atom. The predicted octanol–water partition coefficient (Wildman–Crippen LogP) is 4.16. The topological polar surface area (TPSA) is 43.4 Å². The van der Waals surface area contributed by atoms with Crippen LogP contribution < -0.4 is 0 Å². The van der Waals surface area contributed by atoms with Crippen molar-refractivity contribution in [3.8, 4) is 0 Å². The molecule has 0 aliphatic rings. The molecular weight excluding hydrogens is 287 g/mol. The van der Waals surface area contributed by atoms with E-state index in [1.807, 2.05) is 0 Å². The number of carbonyl (C=O) groups is 2. The molecule has 0 fully saturated rings. The van der Waals surface area contributed by atoms with E-state index in [9.17, 15) is 9.59 Å². The third kappa shape index (κ3) is 5.05. The van der Waals surface area contributed by atoms with E-state index in [2.05, 4.69) is 0 Å². The zero-order chi connectivity index (χ0) is 14.6. The average Bonchev–Trinajstić information content (AvgIpc) is 2.27. The van der Waals surface area contributed by atoms with Crippen molar-refractivity contribution in [2.24, 2.45) is 0 Å². The van der Waals surface area contributed by atoms with Crippen LogP contribution in [-0.2, 0) is 9.53 Å². The van der Waals surface area contributed by atoms with Gasteiger partial charge in [0.1, 0.15) is 5.60 Å². The van der Waals surface area contributed by atoms with Crippen LogP contribution in [0.15, 0.2) is 18.2 Å². The maximum absolute atomic E-state index is 11.5. The molecule has 102 valence electrons. The fourth-order valence-electron chi connectivity index (χ4n) is 1.29. The summed E-state index contributed by atoms with van der Waals surface area (Å²) in [6.07, 6.45) is 3.38. The zero-order valence-electron chi connectivity index (χ0n) is 10.9. The summed E-state index contributed by atoms with van der Waals surface area (Å²) in [4.78, 5) is 22.2. The van der Waals surface area contributed by atoms with Crippen molar-refractivity contribution in [3.63, 3.8) is 0 Å². The molecule has 1 aromatic carbocycles. The molecule has 0 N–H and O–H groups in total. The van der Waals surface area contributed by atoms with Crippen LogP contribution in [0.4, 0.5) is 0 Å². The molecular formula is C14H14Cl2O3. The monoisotopic (exact) mass is 300 g/mol. The lowest BCUT2D eigenvalue weighted by Gasteiger charge is -2.17. The van der Waals surface area contributed by atoms with Gasteiger partial charge in [-0.25, -0.2) is 4.79 Å². The van der Waals surface area contributed by atoms with Gasteiger partial charge in [-0.1, -0.05) is 23.2 Å². The minimum absolute atomic E-state index is 0.281. The quantitative estimate of drug-likeness (QED) is 0.478. The van der Waals surface area contributed by atoms with Crippen LogP contribution in [0.1, 0.15) is 36.7 Å². The van der Waals surface area contributed by atoms with Crippen LogP contribution in [0.5, 0.6) is 0 Å². The average molecular weight is 301 g/mol. The van der Waals surface area contributed by atoms with Crippen molar-refractivity contribution in [1.29, 1.82) is 0 Å². The number of carbonyl (C=O) groups excluding carboxylic acids is 2. The van der Waals surface area contributed by atoms with Gasteiger partial charge in [0.2, 0.25) is 0 Å². The molecule has 5 heteroatoms. The second-order valence-electron chi connectivity index (χ2n) is 4.88. The fourth-order valence-corrected chi connectivity index (χ4v) is 1.74. The minimum atomic E-state index is -0.551. The Labute approximate surface area is 122 Å². The Bertz CT molecular complexity index is 528. The lowest BCUT2D eigenvalue weighted by molar-refractivity contribution is -0.148. The Morgan fingerprint density at radius 3 is 2.21 bits per heavy atom. The van der Waals surface area contributed by atoms with Crippen molar-refractivity contribution in [1.82, 2.24) is 0 Å². The van der Waals surface area contributed by atoms with Gasteiger partial charge >= 0.3 is 5.97 Å². The molecule has 1 aromatic rings. The SMILES string of the molecule is CC(C)(C)OC(=O)/C=C/c1cc(Cl)c(C=O)cc1Cl.